The molecular weight excluding hydrogens is 390 g/mol. The van der Waals surface area contributed by atoms with Crippen molar-refractivity contribution in [2.24, 2.45) is 16.7 Å². The van der Waals surface area contributed by atoms with Crippen LogP contribution in [0.25, 0.3) is 0 Å². The van der Waals surface area contributed by atoms with Gasteiger partial charge in [-0.2, -0.15) is 4.31 Å². The van der Waals surface area contributed by atoms with E-state index in [9.17, 15) is 13.2 Å². The Morgan fingerprint density at radius 1 is 1.14 bits per heavy atom. The fraction of sp³-hybridized carbons (Fsp3) is 0.667. The van der Waals surface area contributed by atoms with Gasteiger partial charge >= 0.3 is 0 Å². The van der Waals surface area contributed by atoms with E-state index in [1.807, 2.05) is 0 Å². The number of fused-ring (bicyclic) bond motifs is 2. The molecule has 0 aromatic heterocycles. The van der Waals surface area contributed by atoms with E-state index in [1.165, 1.54) is 0 Å². The van der Waals surface area contributed by atoms with Gasteiger partial charge in [-0.3, -0.25) is 4.79 Å². The number of methoxy groups -OCH3 is 1. The molecular formula is C21H31N3O4S. The second-order valence-electron chi connectivity index (χ2n) is 8.93. The number of nitrogens with one attached hydrogen (secondary N) is 1. The summed E-state index contributed by atoms with van der Waals surface area (Å²) >= 11 is 0. The minimum Gasteiger partial charge on any atom is -0.497 e. The average Bonchev–Trinajstić information content (AvgIpc) is 3.23. The largest absolute Gasteiger partial charge is 0.497 e. The molecule has 1 spiro atoms. The van der Waals surface area contributed by atoms with E-state index in [0.717, 1.165) is 38.8 Å². The standard InChI is InChI=1S/C21H31N3O4S/c1-22-19(25)21-9-8-20(18(21)14-23(2)15-21)10-12-24(13-11-20)29(26,27)17-6-4-16(28-3)5-7-17/h4-7,18H,8-15H2,1-3H3,(H,22,25)/t18-,21+/m0/s1. The van der Waals surface area contributed by atoms with Gasteiger partial charge in [0.1, 0.15) is 5.75 Å². The maximum atomic E-state index is 13.1. The molecule has 2 saturated heterocycles. The summed E-state index contributed by atoms with van der Waals surface area (Å²) in [4.78, 5) is 15.4. The van der Waals surface area contributed by atoms with Gasteiger partial charge in [0.2, 0.25) is 15.9 Å². The van der Waals surface area contributed by atoms with Crippen LogP contribution < -0.4 is 10.1 Å². The molecule has 1 aliphatic carbocycles. The lowest BCUT2D eigenvalue weighted by molar-refractivity contribution is -0.132. The molecule has 0 radical (unpaired) electrons. The number of likely N-dealkylation sites (tertiary alicyclic amines) is 1. The van der Waals surface area contributed by atoms with Gasteiger partial charge in [-0.1, -0.05) is 0 Å². The number of carbonyl (C=O) groups is 1. The number of carbonyl (C=O) groups excluding carboxylic acids is 1. The Bertz CT molecular complexity index is 878. The fourth-order valence-electron chi connectivity index (χ4n) is 6.08. The van der Waals surface area contributed by atoms with Crippen LogP contribution in [0.15, 0.2) is 29.2 Å². The SMILES string of the molecule is CNC(=O)[C@@]12CCC3(CCN(S(=O)(=O)c4ccc(OC)cc4)CC3)[C@@H]1CN(C)C2. The smallest absolute Gasteiger partial charge is 0.243 e. The van der Waals surface area contributed by atoms with Crippen molar-refractivity contribution in [2.45, 2.75) is 30.6 Å². The van der Waals surface area contributed by atoms with Gasteiger partial charge in [-0.15, -0.1) is 0 Å². The van der Waals surface area contributed by atoms with Gasteiger partial charge in [0.05, 0.1) is 17.4 Å². The number of piperidine rings is 1. The lowest BCUT2D eigenvalue weighted by Crippen LogP contribution is -2.49. The van der Waals surface area contributed by atoms with E-state index in [1.54, 1.807) is 42.7 Å². The Balaban J connectivity index is 1.52. The molecule has 3 fully saturated rings. The monoisotopic (exact) mass is 421 g/mol. The van der Waals surface area contributed by atoms with Crippen LogP contribution in [0, 0.1) is 16.7 Å². The van der Waals surface area contributed by atoms with Crippen molar-refractivity contribution in [3.8, 4) is 5.75 Å². The Hall–Kier alpha value is -1.64. The summed E-state index contributed by atoms with van der Waals surface area (Å²) in [5.41, 5.74) is -0.260. The third kappa shape index (κ3) is 3.16. The lowest BCUT2D eigenvalue weighted by Gasteiger charge is -2.44. The lowest BCUT2D eigenvalue weighted by atomic mass is 9.66. The third-order valence-corrected chi connectivity index (χ3v) is 9.53. The maximum absolute atomic E-state index is 13.1. The van der Waals surface area contributed by atoms with Gasteiger partial charge in [-0.25, -0.2) is 8.42 Å². The van der Waals surface area contributed by atoms with E-state index in [-0.39, 0.29) is 16.7 Å². The van der Waals surface area contributed by atoms with Gasteiger partial charge in [0.15, 0.2) is 0 Å². The van der Waals surface area contributed by atoms with Gasteiger partial charge < -0.3 is 15.0 Å². The van der Waals surface area contributed by atoms with Crippen LogP contribution >= 0.6 is 0 Å². The Morgan fingerprint density at radius 3 is 2.38 bits per heavy atom. The number of ether oxygens (including phenoxy) is 1. The van der Waals surface area contributed by atoms with E-state index >= 15 is 0 Å². The first-order valence-electron chi connectivity index (χ1n) is 10.3. The van der Waals surface area contributed by atoms with Crippen molar-refractivity contribution >= 4 is 15.9 Å². The topological polar surface area (TPSA) is 79.0 Å². The van der Waals surface area contributed by atoms with Crippen molar-refractivity contribution in [1.29, 1.82) is 0 Å². The summed E-state index contributed by atoms with van der Waals surface area (Å²) in [6, 6.07) is 6.58. The number of amides is 1. The van der Waals surface area contributed by atoms with E-state index in [2.05, 4.69) is 17.3 Å². The highest BCUT2D eigenvalue weighted by Gasteiger charge is 2.63. The number of hydrogen-bond acceptors (Lipinski definition) is 5. The van der Waals surface area contributed by atoms with Gasteiger partial charge in [0.25, 0.3) is 0 Å². The molecule has 2 atom stereocenters. The van der Waals surface area contributed by atoms with Crippen molar-refractivity contribution in [3.63, 3.8) is 0 Å². The summed E-state index contributed by atoms with van der Waals surface area (Å²) in [6.07, 6.45) is 3.54. The molecule has 1 N–H and O–H groups in total. The molecule has 2 heterocycles. The maximum Gasteiger partial charge on any atom is 0.243 e. The second-order valence-corrected chi connectivity index (χ2v) is 10.9. The molecule has 160 valence electrons. The molecule has 1 amide bonds. The third-order valence-electron chi connectivity index (χ3n) is 7.62. The zero-order valence-corrected chi connectivity index (χ0v) is 18.3. The predicted octanol–water partition coefficient (Wildman–Crippen LogP) is 1.55. The van der Waals surface area contributed by atoms with Crippen LogP contribution in [-0.4, -0.2) is 70.9 Å². The van der Waals surface area contributed by atoms with Crippen molar-refractivity contribution in [1.82, 2.24) is 14.5 Å². The molecule has 1 aromatic carbocycles. The van der Waals surface area contributed by atoms with Crippen LogP contribution in [0.5, 0.6) is 5.75 Å². The van der Waals surface area contributed by atoms with E-state index in [0.29, 0.717) is 29.7 Å². The number of benzene rings is 1. The van der Waals surface area contributed by atoms with E-state index < -0.39 is 10.0 Å². The minimum absolute atomic E-state index is 0.0587. The molecule has 1 saturated carbocycles. The molecule has 29 heavy (non-hydrogen) atoms. The van der Waals surface area contributed by atoms with Crippen LogP contribution in [0.2, 0.25) is 0 Å². The van der Waals surface area contributed by atoms with Crippen molar-refractivity contribution in [2.75, 3.05) is 47.4 Å². The number of nitrogens with zero attached hydrogens (tertiary/aromatic N) is 2. The van der Waals surface area contributed by atoms with Crippen LogP contribution in [0.4, 0.5) is 0 Å². The van der Waals surface area contributed by atoms with Crippen LogP contribution in [-0.2, 0) is 14.8 Å². The summed E-state index contributed by atoms with van der Waals surface area (Å²) in [7, 11) is 1.86. The van der Waals surface area contributed by atoms with Gasteiger partial charge in [0, 0.05) is 33.2 Å². The first-order chi connectivity index (χ1) is 13.8. The minimum atomic E-state index is -3.51. The highest BCUT2D eigenvalue weighted by atomic mass is 32.2. The summed E-state index contributed by atoms with van der Waals surface area (Å²) in [5.74, 6) is 1.09. The zero-order valence-electron chi connectivity index (χ0n) is 17.5. The first kappa shape index (κ1) is 20.6. The molecule has 0 unspecified atom stereocenters. The highest BCUT2D eigenvalue weighted by molar-refractivity contribution is 7.89. The summed E-state index contributed by atoms with van der Waals surface area (Å²) < 4.78 is 32.9. The Morgan fingerprint density at radius 2 is 1.79 bits per heavy atom. The molecule has 8 heteroatoms. The second kappa shape index (κ2) is 7.25. The quantitative estimate of drug-likeness (QED) is 0.798. The number of rotatable bonds is 4. The molecule has 4 rings (SSSR count). The van der Waals surface area contributed by atoms with Crippen molar-refractivity contribution < 1.29 is 17.9 Å². The molecule has 3 aliphatic rings. The molecule has 1 aromatic rings. The van der Waals surface area contributed by atoms with E-state index in [4.69, 9.17) is 4.74 Å². The normalized spacial score (nSPS) is 29.7. The zero-order chi connectivity index (χ0) is 20.9. The molecule has 0 bridgehead atoms. The summed E-state index contributed by atoms with van der Waals surface area (Å²) in [5, 5.41) is 2.89. The number of hydrogen-bond donors (Lipinski definition) is 1. The summed E-state index contributed by atoms with van der Waals surface area (Å²) in [6.45, 7) is 2.74. The first-order valence-corrected chi connectivity index (χ1v) is 11.8. The van der Waals surface area contributed by atoms with Crippen LogP contribution in [0.3, 0.4) is 0 Å². The Kier molecular flexibility index (Phi) is 5.16. The predicted molar refractivity (Wildman–Crippen MR) is 110 cm³/mol. The van der Waals surface area contributed by atoms with Gasteiger partial charge in [-0.05, 0) is 68.3 Å². The average molecular weight is 422 g/mol. The Labute approximate surface area is 173 Å². The van der Waals surface area contributed by atoms with Crippen LogP contribution in [0.1, 0.15) is 25.7 Å². The molecule has 7 nitrogen and oxygen atoms in total. The fourth-order valence-corrected chi connectivity index (χ4v) is 7.52. The molecule has 2 aliphatic heterocycles. The number of sulfonamides is 1. The highest BCUT2D eigenvalue weighted by Crippen LogP contribution is 2.62. The van der Waals surface area contributed by atoms with Crippen molar-refractivity contribution in [3.05, 3.63) is 24.3 Å².